The number of phenolic OH excluding ortho intramolecular Hbond substituents is 1. The molecule has 2 aliphatic carbocycles. The molecular formula is C29H31NO17. The molecule has 0 unspecified atom stereocenters. The number of carbonyl (C=O) groups is 6. The van der Waals surface area contributed by atoms with Gasteiger partial charge in [-0.2, -0.15) is 0 Å². The fraction of sp³-hybridized carbons (Fsp3) is 0.517. The molecule has 4 aliphatic rings. The SMILES string of the molecule is CN1CC[C@]23c4c5ccc(O)c4O[C@H]2C(OC(=O)C[C@H](OC(=O)[C@H](O)[C@@H](O)C(=O)O)C(=O)O[C@H](CC(=O)O)C(=O)O)=CC[C@@]3(O)[C@H]1C5. The van der Waals surface area contributed by atoms with Gasteiger partial charge in [0.1, 0.15) is 5.76 Å². The van der Waals surface area contributed by atoms with E-state index in [0.29, 0.717) is 24.9 Å². The van der Waals surface area contributed by atoms with Crippen molar-refractivity contribution in [2.45, 2.75) is 79.7 Å². The van der Waals surface area contributed by atoms with Crippen molar-refractivity contribution in [3.8, 4) is 11.5 Å². The number of aromatic hydroxyl groups is 1. The first-order valence-electron chi connectivity index (χ1n) is 14.3. The minimum absolute atomic E-state index is 0.0196. The Bertz CT molecular complexity index is 1570. The molecule has 1 saturated heterocycles. The van der Waals surface area contributed by atoms with Crippen LogP contribution in [0.5, 0.6) is 11.5 Å². The molecule has 0 amide bonds. The number of ether oxygens (including phenoxy) is 4. The highest BCUT2D eigenvalue weighted by molar-refractivity contribution is 5.90. The standard InChI is InChI=1S/C29H31NO17/c1-30-7-6-28-19-11-2-3-12(31)22(19)47-23(28)13(4-5-29(28,43)16(30)8-11)44-18(34)10-15(46-27(42)21(36)20(35)25(39)40)26(41)45-14(24(37)38)9-17(32)33/h2-4,14-16,20-21,23,31,35-36,43H,5-10H2,1H3,(H,32,33)(H,37,38)(H,39,40)/t14-,15+,16-,20-,21-,23+,28+,29-/m1/s1. The van der Waals surface area contributed by atoms with E-state index in [1.54, 1.807) is 6.07 Å². The first-order chi connectivity index (χ1) is 22.0. The summed E-state index contributed by atoms with van der Waals surface area (Å²) in [6.07, 6.45) is -11.6. The molecule has 0 radical (unpaired) electrons. The largest absolute Gasteiger partial charge is 0.504 e. The zero-order chi connectivity index (χ0) is 34.6. The average molecular weight is 666 g/mol. The van der Waals surface area contributed by atoms with Gasteiger partial charge < -0.3 is 59.6 Å². The van der Waals surface area contributed by atoms with Crippen LogP contribution in [-0.2, 0) is 54.8 Å². The summed E-state index contributed by atoms with van der Waals surface area (Å²) in [7, 11) is 1.87. The van der Waals surface area contributed by atoms with E-state index in [9.17, 15) is 54.3 Å². The Kier molecular flexibility index (Phi) is 8.65. The van der Waals surface area contributed by atoms with Crippen molar-refractivity contribution in [1.29, 1.82) is 0 Å². The lowest BCUT2D eigenvalue weighted by atomic mass is 9.50. The lowest BCUT2D eigenvalue weighted by molar-refractivity contribution is -0.187. The first-order valence-corrected chi connectivity index (χ1v) is 14.3. The van der Waals surface area contributed by atoms with E-state index in [2.05, 4.69) is 4.74 Å². The minimum atomic E-state index is -2.76. The van der Waals surface area contributed by atoms with Crippen LogP contribution in [-0.4, -0.2) is 132 Å². The second kappa shape index (κ2) is 12.1. The molecule has 47 heavy (non-hydrogen) atoms. The predicted octanol–water partition coefficient (Wildman–Crippen LogP) is -2.21. The van der Waals surface area contributed by atoms with E-state index >= 15 is 0 Å². The number of nitrogens with zero attached hydrogens (tertiary/aromatic N) is 1. The van der Waals surface area contributed by atoms with Crippen molar-refractivity contribution in [3.63, 3.8) is 0 Å². The van der Waals surface area contributed by atoms with E-state index in [1.165, 1.54) is 12.1 Å². The molecular weight excluding hydrogens is 634 g/mol. The summed E-state index contributed by atoms with van der Waals surface area (Å²) in [5.41, 5.74) is -1.18. The predicted molar refractivity (Wildman–Crippen MR) is 147 cm³/mol. The molecule has 0 aromatic heterocycles. The van der Waals surface area contributed by atoms with Gasteiger partial charge in [-0.25, -0.2) is 19.2 Å². The van der Waals surface area contributed by atoms with Gasteiger partial charge in [0, 0.05) is 18.0 Å². The van der Waals surface area contributed by atoms with Crippen LogP contribution in [0.1, 0.15) is 36.8 Å². The number of piperidine rings is 1. The number of likely N-dealkylation sites (tertiary alicyclic amines) is 1. The van der Waals surface area contributed by atoms with Crippen molar-refractivity contribution in [3.05, 3.63) is 35.1 Å². The molecule has 1 aromatic rings. The van der Waals surface area contributed by atoms with Gasteiger partial charge in [0.25, 0.3) is 0 Å². The van der Waals surface area contributed by atoms with E-state index in [1.807, 2.05) is 11.9 Å². The Morgan fingerprint density at radius 1 is 0.979 bits per heavy atom. The van der Waals surface area contributed by atoms with Crippen molar-refractivity contribution < 1.29 is 83.5 Å². The van der Waals surface area contributed by atoms with Crippen LogP contribution in [0.25, 0.3) is 0 Å². The number of aliphatic carboxylic acids is 3. The highest BCUT2D eigenvalue weighted by atomic mass is 16.6. The normalized spacial score (nSPS) is 27.9. The Morgan fingerprint density at radius 2 is 1.66 bits per heavy atom. The molecule has 2 heterocycles. The highest BCUT2D eigenvalue weighted by Crippen LogP contribution is 2.65. The third-order valence-electron chi connectivity index (χ3n) is 9.15. The maximum atomic E-state index is 13.3. The van der Waals surface area contributed by atoms with Crippen molar-refractivity contribution in [2.75, 3.05) is 13.6 Å². The van der Waals surface area contributed by atoms with Gasteiger partial charge in [-0.1, -0.05) is 6.07 Å². The summed E-state index contributed by atoms with van der Waals surface area (Å²) in [5.74, 6) is -10.9. The topological polar surface area (TPSA) is 284 Å². The fourth-order valence-electron chi connectivity index (χ4n) is 6.96. The molecule has 1 spiro atoms. The summed E-state index contributed by atoms with van der Waals surface area (Å²) < 4.78 is 21.0. The third kappa shape index (κ3) is 5.52. The number of hydrogen-bond donors (Lipinski definition) is 7. The van der Waals surface area contributed by atoms with Crippen molar-refractivity contribution in [2.24, 2.45) is 0 Å². The molecule has 254 valence electrons. The lowest BCUT2D eigenvalue weighted by Gasteiger charge is -2.61. The quantitative estimate of drug-likeness (QED) is 0.0920. The van der Waals surface area contributed by atoms with Gasteiger partial charge in [-0.15, -0.1) is 0 Å². The Labute approximate surface area is 264 Å². The number of rotatable bonds is 12. The number of carbonyl (C=O) groups excluding carboxylic acids is 3. The molecule has 8 atom stereocenters. The van der Waals surface area contributed by atoms with Crippen LogP contribution in [0.4, 0.5) is 0 Å². The summed E-state index contributed by atoms with van der Waals surface area (Å²) in [6, 6.07) is 2.82. The van der Waals surface area contributed by atoms with Crippen LogP contribution in [0.3, 0.4) is 0 Å². The van der Waals surface area contributed by atoms with Gasteiger partial charge in [-0.05, 0) is 44.1 Å². The van der Waals surface area contributed by atoms with Gasteiger partial charge in [-0.3, -0.25) is 9.59 Å². The number of hydrogen-bond acceptors (Lipinski definition) is 15. The van der Waals surface area contributed by atoms with Crippen LogP contribution < -0.4 is 4.74 Å². The maximum Gasteiger partial charge on any atom is 0.348 e. The number of carboxylic acids is 3. The molecule has 2 bridgehead atoms. The number of esters is 3. The van der Waals surface area contributed by atoms with E-state index < -0.39 is 90.2 Å². The Morgan fingerprint density at radius 3 is 2.30 bits per heavy atom. The third-order valence-corrected chi connectivity index (χ3v) is 9.15. The highest BCUT2D eigenvalue weighted by Gasteiger charge is 2.72. The van der Waals surface area contributed by atoms with Gasteiger partial charge >= 0.3 is 35.8 Å². The lowest BCUT2D eigenvalue weighted by Crippen LogP contribution is -2.74. The second-order valence-electron chi connectivity index (χ2n) is 11.8. The average Bonchev–Trinajstić information content (AvgIpc) is 3.36. The Hall–Kier alpha value is -4.78. The summed E-state index contributed by atoms with van der Waals surface area (Å²) in [5, 5.41) is 69.3. The van der Waals surface area contributed by atoms with E-state index in [4.69, 9.17) is 24.4 Å². The van der Waals surface area contributed by atoms with Gasteiger partial charge in [0.15, 0.2) is 29.8 Å². The zero-order valence-corrected chi connectivity index (χ0v) is 24.6. The summed E-state index contributed by atoms with van der Waals surface area (Å²) in [6.45, 7) is 0.512. The molecule has 1 aromatic carbocycles. The van der Waals surface area contributed by atoms with Crippen molar-refractivity contribution >= 4 is 35.8 Å². The number of likely N-dealkylation sites (N-methyl/N-ethyl adjacent to an activating group) is 1. The smallest absolute Gasteiger partial charge is 0.348 e. The van der Waals surface area contributed by atoms with Crippen LogP contribution in [0, 0.1) is 0 Å². The monoisotopic (exact) mass is 665 g/mol. The van der Waals surface area contributed by atoms with Crippen LogP contribution in [0.15, 0.2) is 24.0 Å². The Balaban J connectivity index is 1.41. The number of carboxylic acid groups (broad SMARTS) is 3. The van der Waals surface area contributed by atoms with Gasteiger partial charge in [0.05, 0.1) is 23.9 Å². The van der Waals surface area contributed by atoms with E-state index in [0.717, 1.165) is 5.56 Å². The summed E-state index contributed by atoms with van der Waals surface area (Å²) >= 11 is 0. The second-order valence-corrected chi connectivity index (χ2v) is 11.8. The number of aliphatic hydroxyl groups is 3. The van der Waals surface area contributed by atoms with Crippen LogP contribution >= 0.6 is 0 Å². The molecule has 1 fully saturated rings. The maximum absolute atomic E-state index is 13.3. The number of aliphatic hydroxyl groups excluding tert-OH is 2. The minimum Gasteiger partial charge on any atom is -0.504 e. The summed E-state index contributed by atoms with van der Waals surface area (Å²) in [4.78, 5) is 74.0. The fourth-order valence-corrected chi connectivity index (χ4v) is 6.96. The molecule has 7 N–H and O–H groups in total. The van der Waals surface area contributed by atoms with E-state index in [-0.39, 0.29) is 29.7 Å². The molecule has 18 heteroatoms. The molecule has 18 nitrogen and oxygen atoms in total. The van der Waals surface area contributed by atoms with Crippen LogP contribution in [0.2, 0.25) is 0 Å². The molecule has 5 rings (SSSR count). The van der Waals surface area contributed by atoms with Crippen molar-refractivity contribution in [1.82, 2.24) is 4.90 Å². The van der Waals surface area contributed by atoms with Gasteiger partial charge in [0.2, 0.25) is 12.2 Å². The molecule has 0 saturated carbocycles. The first kappa shape index (κ1) is 33.6. The number of benzene rings is 1. The zero-order valence-electron chi connectivity index (χ0n) is 24.6. The number of phenols is 1. The molecule has 2 aliphatic heterocycles.